The fourth-order valence-electron chi connectivity index (χ4n) is 3.26. The zero-order valence-electron chi connectivity index (χ0n) is 14.9. The minimum Gasteiger partial charge on any atom is -0.408 e. The second-order valence-electron chi connectivity index (χ2n) is 6.74. The van der Waals surface area contributed by atoms with Crippen molar-refractivity contribution < 1.29 is 17.7 Å². The van der Waals surface area contributed by atoms with E-state index in [2.05, 4.69) is 21.7 Å². The molecule has 1 aliphatic rings. The number of fused-ring (bicyclic) bond motifs is 1. The van der Waals surface area contributed by atoms with Crippen molar-refractivity contribution in [3.63, 3.8) is 0 Å². The number of aromatic amines is 1. The van der Waals surface area contributed by atoms with Crippen LogP contribution in [0.2, 0.25) is 0 Å². The number of rotatable bonds is 4. The van der Waals surface area contributed by atoms with Crippen LogP contribution in [-0.2, 0) is 10.0 Å². The van der Waals surface area contributed by atoms with E-state index >= 15 is 0 Å². The molecule has 2 aromatic carbocycles. The number of sulfonamides is 1. The summed E-state index contributed by atoms with van der Waals surface area (Å²) in [6, 6.07) is 11.7. The number of hydrogen-bond donors (Lipinski definition) is 3. The quantitative estimate of drug-likeness (QED) is 0.594. The summed E-state index contributed by atoms with van der Waals surface area (Å²) in [5, 5.41) is 0. The van der Waals surface area contributed by atoms with Gasteiger partial charge < -0.3 is 14.2 Å². The van der Waals surface area contributed by atoms with Crippen molar-refractivity contribution in [2.45, 2.75) is 4.90 Å². The molecule has 3 N–H and O–H groups in total. The van der Waals surface area contributed by atoms with E-state index in [1.165, 1.54) is 23.1 Å². The molecule has 2 heterocycles. The van der Waals surface area contributed by atoms with E-state index in [0.717, 1.165) is 31.9 Å². The maximum Gasteiger partial charge on any atom is 0.417 e. The maximum atomic E-state index is 12.9. The predicted molar refractivity (Wildman–Crippen MR) is 103 cm³/mol. The van der Waals surface area contributed by atoms with Crippen molar-refractivity contribution in [3.8, 4) is 0 Å². The molecule has 8 nitrogen and oxygen atoms in total. The van der Waals surface area contributed by atoms with Gasteiger partial charge in [0.2, 0.25) is 0 Å². The Bertz CT molecular complexity index is 1130. The van der Waals surface area contributed by atoms with Gasteiger partial charge in [-0.15, -0.1) is 0 Å². The molecule has 1 saturated heterocycles. The fourth-order valence-corrected chi connectivity index (χ4v) is 4.35. The lowest BCUT2D eigenvalue weighted by Crippen LogP contribution is -3.12. The molecule has 4 rings (SSSR count). The number of nitrogens with zero attached hydrogens (tertiary/aromatic N) is 1. The summed E-state index contributed by atoms with van der Waals surface area (Å²) in [6.45, 7) is 3.74. The molecule has 1 aromatic heterocycles. The highest BCUT2D eigenvalue weighted by atomic mass is 32.2. The monoisotopic (exact) mass is 389 g/mol. The number of oxazole rings is 1. The summed E-state index contributed by atoms with van der Waals surface area (Å²) in [7, 11) is -1.67. The molecular weight excluding hydrogens is 368 g/mol. The van der Waals surface area contributed by atoms with Crippen LogP contribution in [0.4, 0.5) is 11.4 Å². The molecule has 27 heavy (non-hydrogen) atoms. The van der Waals surface area contributed by atoms with Crippen LogP contribution in [0.1, 0.15) is 0 Å². The summed E-state index contributed by atoms with van der Waals surface area (Å²) in [5.74, 6) is -0.616. The molecule has 3 aromatic rings. The van der Waals surface area contributed by atoms with Crippen LogP contribution in [0.25, 0.3) is 11.1 Å². The Morgan fingerprint density at radius 3 is 2.67 bits per heavy atom. The number of H-pyrrole nitrogens is 1. The number of hydrogen-bond acceptors (Lipinski definition) is 5. The highest BCUT2D eigenvalue weighted by Crippen LogP contribution is 2.28. The average molecular weight is 389 g/mol. The SMILES string of the molecule is C[NH+]1CCN(c2ccccc2NS(=O)(=O)c2ccc3[nH]c(=O)oc3c2)CC1. The number of para-hydroxylation sites is 2. The Hall–Kier alpha value is -2.78. The van der Waals surface area contributed by atoms with Crippen molar-refractivity contribution in [1.29, 1.82) is 0 Å². The minimum absolute atomic E-state index is 0.0374. The van der Waals surface area contributed by atoms with Gasteiger partial charge in [0.25, 0.3) is 10.0 Å². The van der Waals surface area contributed by atoms with Gasteiger partial charge in [-0.25, -0.2) is 13.2 Å². The first kappa shape index (κ1) is 17.6. The minimum atomic E-state index is -3.83. The fraction of sp³-hybridized carbons (Fsp3) is 0.278. The van der Waals surface area contributed by atoms with E-state index < -0.39 is 15.8 Å². The number of benzene rings is 2. The van der Waals surface area contributed by atoms with Gasteiger partial charge in [-0.2, -0.15) is 0 Å². The summed E-state index contributed by atoms with van der Waals surface area (Å²) >= 11 is 0. The number of nitrogens with one attached hydrogen (secondary N) is 3. The zero-order chi connectivity index (χ0) is 19.0. The number of aromatic nitrogens is 1. The lowest BCUT2D eigenvalue weighted by atomic mass is 10.2. The number of likely N-dealkylation sites (N-methyl/N-ethyl adjacent to an activating group) is 1. The lowest BCUT2D eigenvalue weighted by Gasteiger charge is -2.33. The molecule has 0 unspecified atom stereocenters. The molecule has 142 valence electrons. The Morgan fingerprint density at radius 2 is 1.89 bits per heavy atom. The molecule has 0 aliphatic carbocycles. The molecule has 0 bridgehead atoms. The summed E-state index contributed by atoms with van der Waals surface area (Å²) in [4.78, 5) is 17.5. The number of piperazine rings is 1. The number of anilines is 2. The highest BCUT2D eigenvalue weighted by molar-refractivity contribution is 7.92. The van der Waals surface area contributed by atoms with Crippen molar-refractivity contribution in [2.75, 3.05) is 42.8 Å². The average Bonchev–Trinajstić information content (AvgIpc) is 3.02. The van der Waals surface area contributed by atoms with Gasteiger partial charge in [0.1, 0.15) is 0 Å². The normalized spacial score (nSPS) is 16.0. The van der Waals surface area contributed by atoms with Gasteiger partial charge in [0.05, 0.1) is 55.0 Å². The van der Waals surface area contributed by atoms with E-state index in [0.29, 0.717) is 11.2 Å². The van der Waals surface area contributed by atoms with E-state index in [4.69, 9.17) is 4.42 Å². The molecule has 0 saturated carbocycles. The summed E-state index contributed by atoms with van der Waals surface area (Å²) in [5.41, 5.74) is 2.06. The Morgan fingerprint density at radius 1 is 1.15 bits per heavy atom. The van der Waals surface area contributed by atoms with Crippen LogP contribution in [0.15, 0.2) is 56.6 Å². The van der Waals surface area contributed by atoms with Crippen LogP contribution < -0.4 is 20.3 Å². The summed E-state index contributed by atoms with van der Waals surface area (Å²) < 4.78 is 33.4. The van der Waals surface area contributed by atoms with Crippen LogP contribution in [0.3, 0.4) is 0 Å². The largest absolute Gasteiger partial charge is 0.417 e. The highest BCUT2D eigenvalue weighted by Gasteiger charge is 2.22. The van der Waals surface area contributed by atoms with E-state index in [-0.39, 0.29) is 10.5 Å². The Labute approximate surface area is 156 Å². The Balaban J connectivity index is 1.65. The maximum absolute atomic E-state index is 12.9. The van der Waals surface area contributed by atoms with Crippen LogP contribution in [-0.4, -0.2) is 46.6 Å². The molecule has 0 radical (unpaired) electrons. The van der Waals surface area contributed by atoms with Gasteiger partial charge in [0.15, 0.2) is 5.58 Å². The second-order valence-corrected chi connectivity index (χ2v) is 8.42. The third-order valence-corrected chi connectivity index (χ3v) is 6.17. The smallest absolute Gasteiger partial charge is 0.408 e. The molecule has 1 aliphatic heterocycles. The first-order valence-electron chi connectivity index (χ1n) is 8.73. The first-order chi connectivity index (χ1) is 12.9. The molecule has 1 fully saturated rings. The number of quaternary nitrogens is 1. The molecule has 0 atom stereocenters. The van der Waals surface area contributed by atoms with Gasteiger partial charge >= 0.3 is 5.76 Å². The third-order valence-electron chi connectivity index (χ3n) is 4.81. The Kier molecular flexibility index (Phi) is 4.40. The van der Waals surface area contributed by atoms with Crippen molar-refractivity contribution in [3.05, 3.63) is 53.0 Å². The third kappa shape index (κ3) is 3.56. The van der Waals surface area contributed by atoms with Crippen molar-refractivity contribution in [2.24, 2.45) is 0 Å². The zero-order valence-corrected chi connectivity index (χ0v) is 15.7. The lowest BCUT2D eigenvalue weighted by molar-refractivity contribution is -0.880. The molecule has 9 heteroatoms. The van der Waals surface area contributed by atoms with Crippen molar-refractivity contribution >= 4 is 32.5 Å². The van der Waals surface area contributed by atoms with E-state index in [9.17, 15) is 13.2 Å². The predicted octanol–water partition coefficient (Wildman–Crippen LogP) is 0.257. The topological polar surface area (TPSA) is 99.9 Å². The van der Waals surface area contributed by atoms with E-state index in [1.54, 1.807) is 12.1 Å². The van der Waals surface area contributed by atoms with Crippen molar-refractivity contribution in [1.82, 2.24) is 4.98 Å². The first-order valence-corrected chi connectivity index (χ1v) is 10.2. The standard InChI is InChI=1S/C18H20N4O4S/c1-21-8-10-22(11-9-21)16-5-3-2-4-14(16)20-27(24,25)13-6-7-15-17(12-13)26-18(23)19-15/h2-7,12,20H,8-11H2,1H3,(H,19,23)/p+1. The van der Waals surface area contributed by atoms with Gasteiger partial charge in [-0.05, 0) is 24.3 Å². The molecular formula is C18H21N4O4S+. The van der Waals surface area contributed by atoms with E-state index in [1.807, 2.05) is 12.1 Å². The molecule has 0 spiro atoms. The van der Waals surface area contributed by atoms with Gasteiger partial charge in [-0.3, -0.25) is 9.71 Å². The summed E-state index contributed by atoms with van der Waals surface area (Å²) in [6.07, 6.45) is 0. The van der Waals surface area contributed by atoms with Gasteiger partial charge in [0, 0.05) is 6.07 Å². The van der Waals surface area contributed by atoms with Crippen LogP contribution in [0, 0.1) is 0 Å². The van der Waals surface area contributed by atoms with Crippen LogP contribution >= 0.6 is 0 Å². The van der Waals surface area contributed by atoms with Crippen LogP contribution in [0.5, 0.6) is 0 Å². The molecule has 0 amide bonds. The second kappa shape index (κ2) is 6.75. The van der Waals surface area contributed by atoms with Gasteiger partial charge in [-0.1, -0.05) is 12.1 Å².